The average Bonchev–Trinajstić information content (AvgIpc) is 3.50. The molecule has 0 atom stereocenters. The molecule has 176 valence electrons. The first-order chi connectivity index (χ1) is 16.0. The minimum atomic E-state index is -0.626. The van der Waals surface area contributed by atoms with Gasteiger partial charge in [-0.1, -0.05) is 0 Å². The molecule has 0 bridgehead atoms. The van der Waals surface area contributed by atoms with Crippen LogP contribution in [0, 0.1) is 0 Å². The highest BCUT2D eigenvalue weighted by atomic mass is 16.5. The Kier molecular flexibility index (Phi) is 6.90. The Labute approximate surface area is 190 Å². The Morgan fingerprint density at radius 3 is 2.70 bits per heavy atom. The molecule has 5 rings (SSSR count). The molecular weight excluding hydrogens is 426 g/mol. The van der Waals surface area contributed by atoms with Gasteiger partial charge in [-0.3, -0.25) is 9.59 Å². The summed E-state index contributed by atoms with van der Waals surface area (Å²) >= 11 is 0. The molecule has 0 spiro atoms. The van der Waals surface area contributed by atoms with Gasteiger partial charge < -0.3 is 30.8 Å². The van der Waals surface area contributed by atoms with E-state index in [0.717, 1.165) is 25.7 Å². The topological polar surface area (TPSA) is 149 Å². The largest absolute Gasteiger partial charge is 0.393 e. The van der Waals surface area contributed by atoms with Gasteiger partial charge >= 0.3 is 0 Å². The first-order valence-corrected chi connectivity index (χ1v) is 11.1. The number of anilines is 3. The number of primary amides is 1. The Morgan fingerprint density at radius 2 is 2.09 bits per heavy atom. The van der Waals surface area contributed by atoms with Crippen molar-refractivity contribution in [2.75, 3.05) is 24.3 Å². The van der Waals surface area contributed by atoms with E-state index in [2.05, 4.69) is 20.7 Å². The van der Waals surface area contributed by atoms with E-state index in [1.54, 1.807) is 36.0 Å². The number of amides is 1. The number of aliphatic hydroxyl groups excluding tert-OH is 1. The highest BCUT2D eigenvalue weighted by molar-refractivity contribution is 5.98. The van der Waals surface area contributed by atoms with E-state index in [4.69, 9.17) is 15.6 Å². The summed E-state index contributed by atoms with van der Waals surface area (Å²) in [6, 6.07) is 5.15. The molecule has 33 heavy (non-hydrogen) atoms. The molecule has 2 fully saturated rings. The number of nitrogens with zero attached hydrogens (tertiary/aromatic N) is 4. The molecule has 0 aliphatic heterocycles. The summed E-state index contributed by atoms with van der Waals surface area (Å²) < 4.78 is 8.69. The van der Waals surface area contributed by atoms with Gasteiger partial charge in [0.2, 0.25) is 0 Å². The van der Waals surface area contributed by atoms with E-state index in [1.807, 2.05) is 0 Å². The van der Waals surface area contributed by atoms with E-state index in [-0.39, 0.29) is 17.2 Å². The third-order valence-electron chi connectivity index (χ3n) is 5.56. The first kappa shape index (κ1) is 22.7. The second kappa shape index (κ2) is 10.0. The van der Waals surface area contributed by atoms with E-state index in [1.165, 1.54) is 17.1 Å². The van der Waals surface area contributed by atoms with Gasteiger partial charge in [-0.2, -0.15) is 9.61 Å². The van der Waals surface area contributed by atoms with Gasteiger partial charge in [-0.15, -0.1) is 0 Å². The van der Waals surface area contributed by atoms with Crippen LogP contribution in [0.5, 0.6) is 0 Å². The highest BCUT2D eigenvalue weighted by Gasteiger charge is 2.21. The van der Waals surface area contributed by atoms with Gasteiger partial charge in [0, 0.05) is 25.9 Å². The number of aromatic nitrogens is 4. The second-order valence-electron chi connectivity index (χ2n) is 8.13. The molecule has 2 aliphatic rings. The van der Waals surface area contributed by atoms with Crippen molar-refractivity contribution in [2.45, 2.75) is 50.9 Å². The first-order valence-electron chi connectivity index (χ1n) is 11.1. The molecule has 2 saturated carbocycles. The number of nitrogens with two attached hydrogens (primary N) is 1. The minimum Gasteiger partial charge on any atom is -0.393 e. The van der Waals surface area contributed by atoms with Crippen molar-refractivity contribution < 1.29 is 14.6 Å². The van der Waals surface area contributed by atoms with Crippen molar-refractivity contribution in [2.24, 2.45) is 5.73 Å². The van der Waals surface area contributed by atoms with Crippen LogP contribution < -0.4 is 21.9 Å². The lowest BCUT2D eigenvalue weighted by Crippen LogP contribution is -2.24. The number of nitrogens with one attached hydrogen (secondary N) is 2. The standard InChI is InChI=1S/C18H21N7O3.C4H8O/c1-20-15-9-14(23-17-12(16(19)26)10-21-25(15)17)22-13-3-2-6-24(18(13)27)7-8-28-11-4-5-11;5-4-2-1-3-4/h2-3,6,9-11,20H,4-5,7-8H2,1H3,(H2,19,26)(H,22,23);4-5H,1-3H2. The second-order valence-corrected chi connectivity index (χ2v) is 8.13. The van der Waals surface area contributed by atoms with Crippen LogP contribution in [0.1, 0.15) is 42.5 Å². The molecule has 1 amide bonds. The zero-order chi connectivity index (χ0) is 23.4. The summed E-state index contributed by atoms with van der Waals surface area (Å²) in [5.74, 6) is 0.359. The maximum Gasteiger partial charge on any atom is 0.274 e. The monoisotopic (exact) mass is 455 g/mol. The van der Waals surface area contributed by atoms with Crippen molar-refractivity contribution in [3.8, 4) is 0 Å². The molecule has 5 N–H and O–H groups in total. The van der Waals surface area contributed by atoms with Crippen LogP contribution in [-0.4, -0.2) is 56.0 Å². The molecule has 0 radical (unpaired) electrons. The number of fused-ring (bicyclic) bond motifs is 1. The van der Waals surface area contributed by atoms with E-state index >= 15 is 0 Å². The number of carbonyl (C=O) groups is 1. The van der Waals surface area contributed by atoms with Crippen LogP contribution in [0.3, 0.4) is 0 Å². The van der Waals surface area contributed by atoms with Crippen molar-refractivity contribution in [1.82, 2.24) is 19.2 Å². The molecule has 3 aromatic rings. The van der Waals surface area contributed by atoms with Gasteiger partial charge in [0.25, 0.3) is 11.5 Å². The molecule has 0 saturated heterocycles. The van der Waals surface area contributed by atoms with Crippen molar-refractivity contribution in [1.29, 1.82) is 0 Å². The summed E-state index contributed by atoms with van der Waals surface area (Å²) in [6.07, 6.45) is 9.02. The lowest BCUT2D eigenvalue weighted by Gasteiger charge is -2.17. The van der Waals surface area contributed by atoms with E-state index in [0.29, 0.717) is 42.2 Å². The van der Waals surface area contributed by atoms with Gasteiger partial charge in [0.15, 0.2) is 5.65 Å². The van der Waals surface area contributed by atoms with E-state index in [9.17, 15) is 9.59 Å². The number of carbonyl (C=O) groups excluding carboxylic acids is 1. The van der Waals surface area contributed by atoms with Crippen LogP contribution in [-0.2, 0) is 11.3 Å². The molecule has 3 heterocycles. The van der Waals surface area contributed by atoms with Gasteiger partial charge in [-0.05, 0) is 44.2 Å². The average molecular weight is 456 g/mol. The van der Waals surface area contributed by atoms with Crippen molar-refractivity contribution >= 4 is 28.9 Å². The predicted octanol–water partition coefficient (Wildman–Crippen LogP) is 1.49. The number of aliphatic hydroxyl groups is 1. The fourth-order valence-electron chi connectivity index (χ4n) is 3.26. The van der Waals surface area contributed by atoms with Crippen LogP contribution in [0.4, 0.5) is 17.3 Å². The van der Waals surface area contributed by atoms with Crippen molar-refractivity contribution in [3.05, 3.63) is 46.5 Å². The summed E-state index contributed by atoms with van der Waals surface area (Å²) in [7, 11) is 1.72. The quantitative estimate of drug-likeness (QED) is 0.399. The predicted molar refractivity (Wildman–Crippen MR) is 124 cm³/mol. The lowest BCUT2D eigenvalue weighted by atomic mass is 9.97. The van der Waals surface area contributed by atoms with Crippen LogP contribution in [0.15, 0.2) is 35.4 Å². The highest BCUT2D eigenvalue weighted by Crippen LogP contribution is 2.23. The number of hydrogen-bond donors (Lipinski definition) is 4. The Bertz CT molecular complexity index is 1180. The maximum absolute atomic E-state index is 12.7. The molecule has 11 heteroatoms. The zero-order valence-electron chi connectivity index (χ0n) is 18.5. The van der Waals surface area contributed by atoms with Crippen molar-refractivity contribution in [3.63, 3.8) is 0 Å². The number of rotatable bonds is 8. The number of hydrogen-bond acceptors (Lipinski definition) is 8. The van der Waals surface area contributed by atoms with Crippen LogP contribution in [0.25, 0.3) is 5.65 Å². The fraction of sp³-hybridized carbons (Fsp3) is 0.455. The lowest BCUT2D eigenvalue weighted by molar-refractivity contribution is 0.0949. The van der Waals surface area contributed by atoms with Gasteiger partial charge in [-0.25, -0.2) is 4.98 Å². The molecule has 0 aromatic carbocycles. The third-order valence-corrected chi connectivity index (χ3v) is 5.56. The summed E-state index contributed by atoms with van der Waals surface area (Å²) in [5, 5.41) is 18.6. The van der Waals surface area contributed by atoms with Crippen LogP contribution >= 0.6 is 0 Å². The van der Waals surface area contributed by atoms with Gasteiger partial charge in [0.05, 0.1) is 25.0 Å². The minimum absolute atomic E-state index is 0.0648. The summed E-state index contributed by atoms with van der Waals surface area (Å²) in [5.41, 5.74) is 6.08. The Hall–Kier alpha value is -3.44. The number of ether oxygens (including phenoxy) is 1. The smallest absolute Gasteiger partial charge is 0.274 e. The molecule has 0 unspecified atom stereocenters. The fourth-order valence-corrected chi connectivity index (χ4v) is 3.26. The zero-order valence-corrected chi connectivity index (χ0v) is 18.5. The maximum atomic E-state index is 12.7. The SMILES string of the molecule is CNc1cc(Nc2cccn(CCOC3CC3)c2=O)nc2c(C(N)=O)cnn12.OC1CCC1. The Morgan fingerprint density at radius 1 is 1.33 bits per heavy atom. The van der Waals surface area contributed by atoms with Gasteiger partial charge in [0.1, 0.15) is 22.9 Å². The third kappa shape index (κ3) is 5.49. The van der Waals surface area contributed by atoms with Crippen LogP contribution in [0.2, 0.25) is 0 Å². The van der Waals surface area contributed by atoms with E-state index < -0.39 is 5.91 Å². The Balaban J connectivity index is 0.000000459. The number of pyridine rings is 1. The molecule has 3 aromatic heterocycles. The normalized spacial score (nSPS) is 15.5. The summed E-state index contributed by atoms with van der Waals surface area (Å²) in [4.78, 5) is 28.7. The molecular formula is C22H29N7O4. The molecule has 11 nitrogen and oxygen atoms in total. The summed E-state index contributed by atoms with van der Waals surface area (Å²) in [6.45, 7) is 0.980. The molecule has 2 aliphatic carbocycles.